The van der Waals surface area contributed by atoms with Crippen molar-refractivity contribution in [3.8, 4) is 0 Å². The molecule has 0 unspecified atom stereocenters. The molecule has 3 rings (SSSR count). The fourth-order valence-corrected chi connectivity index (χ4v) is 2.86. The Morgan fingerprint density at radius 1 is 0.960 bits per heavy atom. The summed E-state index contributed by atoms with van der Waals surface area (Å²) in [6.07, 6.45) is 4.15. The SMILES string of the molecule is O=C(C=Cc1ccccc1)Nc1nnc(NCCc2ccccc2)s1. The molecule has 1 amide bonds. The van der Waals surface area contributed by atoms with Crippen molar-refractivity contribution in [2.75, 3.05) is 17.2 Å². The third-order valence-corrected chi connectivity index (χ3v) is 4.21. The number of hydrogen-bond acceptors (Lipinski definition) is 5. The van der Waals surface area contributed by atoms with Crippen molar-refractivity contribution in [2.45, 2.75) is 6.42 Å². The predicted octanol–water partition coefficient (Wildman–Crippen LogP) is 3.84. The second-order valence-corrected chi connectivity index (χ2v) is 6.29. The van der Waals surface area contributed by atoms with E-state index < -0.39 is 0 Å². The monoisotopic (exact) mass is 350 g/mol. The molecule has 0 fully saturated rings. The molecular formula is C19H18N4OS. The topological polar surface area (TPSA) is 66.9 Å². The molecule has 2 N–H and O–H groups in total. The minimum absolute atomic E-state index is 0.226. The van der Waals surface area contributed by atoms with Gasteiger partial charge >= 0.3 is 0 Å². The summed E-state index contributed by atoms with van der Waals surface area (Å²) in [4.78, 5) is 11.9. The molecule has 0 radical (unpaired) electrons. The van der Waals surface area contributed by atoms with Crippen LogP contribution in [0.1, 0.15) is 11.1 Å². The Bertz CT molecular complexity index is 831. The molecule has 25 heavy (non-hydrogen) atoms. The van der Waals surface area contributed by atoms with Crippen LogP contribution >= 0.6 is 11.3 Å². The first-order chi connectivity index (χ1) is 12.3. The van der Waals surface area contributed by atoms with E-state index in [1.54, 1.807) is 6.08 Å². The second kappa shape index (κ2) is 8.75. The fraction of sp³-hybridized carbons (Fsp3) is 0.105. The zero-order chi connectivity index (χ0) is 17.3. The molecule has 0 bridgehead atoms. The Kier molecular flexibility index (Phi) is 5.90. The molecule has 1 heterocycles. The lowest BCUT2D eigenvalue weighted by molar-refractivity contribution is -0.111. The van der Waals surface area contributed by atoms with Crippen molar-refractivity contribution < 1.29 is 4.79 Å². The van der Waals surface area contributed by atoms with Gasteiger partial charge in [0.1, 0.15) is 0 Å². The van der Waals surface area contributed by atoms with Crippen LogP contribution in [-0.2, 0) is 11.2 Å². The van der Waals surface area contributed by atoms with Crippen LogP contribution in [0.25, 0.3) is 6.08 Å². The van der Waals surface area contributed by atoms with E-state index in [2.05, 4.69) is 33.0 Å². The van der Waals surface area contributed by atoms with Crippen LogP contribution < -0.4 is 10.6 Å². The van der Waals surface area contributed by atoms with Gasteiger partial charge in [-0.1, -0.05) is 72.0 Å². The number of nitrogens with one attached hydrogen (secondary N) is 2. The third-order valence-electron chi connectivity index (χ3n) is 3.41. The lowest BCUT2D eigenvalue weighted by atomic mass is 10.2. The Balaban J connectivity index is 1.46. The molecule has 0 atom stereocenters. The molecule has 0 aliphatic heterocycles. The molecule has 3 aromatic rings. The standard InChI is InChI=1S/C19H18N4OS/c24-17(12-11-15-7-3-1-4-8-15)21-19-23-22-18(25-19)20-14-13-16-9-5-2-6-10-16/h1-12H,13-14H2,(H,20,22)(H,21,23,24). The van der Waals surface area contributed by atoms with E-state index in [1.165, 1.54) is 23.0 Å². The maximum Gasteiger partial charge on any atom is 0.250 e. The van der Waals surface area contributed by atoms with Crippen LogP contribution in [0, 0.1) is 0 Å². The molecule has 5 nitrogen and oxygen atoms in total. The Hall–Kier alpha value is -2.99. The van der Waals surface area contributed by atoms with Crippen molar-refractivity contribution in [3.63, 3.8) is 0 Å². The number of carbonyl (C=O) groups excluding carboxylic acids is 1. The highest BCUT2D eigenvalue weighted by Gasteiger charge is 2.05. The van der Waals surface area contributed by atoms with Crippen molar-refractivity contribution in [2.24, 2.45) is 0 Å². The van der Waals surface area contributed by atoms with Crippen LogP contribution in [0.15, 0.2) is 66.7 Å². The van der Waals surface area contributed by atoms with Gasteiger partial charge in [-0.3, -0.25) is 10.1 Å². The van der Waals surface area contributed by atoms with Gasteiger partial charge in [0.2, 0.25) is 16.2 Å². The molecule has 0 aliphatic rings. The molecule has 6 heteroatoms. The maximum absolute atomic E-state index is 11.9. The molecule has 1 aromatic heterocycles. The molecule has 0 spiro atoms. The highest BCUT2D eigenvalue weighted by molar-refractivity contribution is 7.19. The lowest BCUT2D eigenvalue weighted by Crippen LogP contribution is -2.07. The van der Waals surface area contributed by atoms with Gasteiger partial charge in [0.05, 0.1) is 0 Å². The van der Waals surface area contributed by atoms with Gasteiger partial charge in [-0.2, -0.15) is 0 Å². The smallest absolute Gasteiger partial charge is 0.250 e. The van der Waals surface area contributed by atoms with Gasteiger partial charge in [0.25, 0.3) is 0 Å². The zero-order valence-electron chi connectivity index (χ0n) is 13.6. The zero-order valence-corrected chi connectivity index (χ0v) is 14.4. The van der Waals surface area contributed by atoms with Crippen molar-refractivity contribution in [1.29, 1.82) is 0 Å². The number of carbonyl (C=O) groups is 1. The van der Waals surface area contributed by atoms with E-state index in [-0.39, 0.29) is 5.91 Å². The highest BCUT2D eigenvalue weighted by atomic mass is 32.1. The van der Waals surface area contributed by atoms with E-state index in [4.69, 9.17) is 0 Å². The lowest BCUT2D eigenvalue weighted by Gasteiger charge is -2.01. The van der Waals surface area contributed by atoms with Crippen molar-refractivity contribution in [3.05, 3.63) is 77.9 Å². The van der Waals surface area contributed by atoms with Crippen molar-refractivity contribution in [1.82, 2.24) is 10.2 Å². The summed E-state index contributed by atoms with van der Waals surface area (Å²) in [5.41, 5.74) is 2.23. The van der Waals surface area contributed by atoms with Crippen LogP contribution in [0.5, 0.6) is 0 Å². The summed E-state index contributed by atoms with van der Waals surface area (Å²) in [5, 5.41) is 15.1. The first-order valence-corrected chi connectivity index (χ1v) is 8.77. The van der Waals surface area contributed by atoms with E-state index in [1.807, 2.05) is 48.5 Å². The quantitative estimate of drug-likeness (QED) is 0.635. The Morgan fingerprint density at radius 2 is 1.64 bits per heavy atom. The van der Waals surface area contributed by atoms with E-state index >= 15 is 0 Å². The largest absolute Gasteiger partial charge is 0.360 e. The molecular weight excluding hydrogens is 332 g/mol. The normalized spacial score (nSPS) is 10.7. The van der Waals surface area contributed by atoms with Gasteiger partial charge in [-0.15, -0.1) is 10.2 Å². The Labute approximate surface area is 150 Å². The van der Waals surface area contributed by atoms with E-state index in [0.29, 0.717) is 10.3 Å². The van der Waals surface area contributed by atoms with Crippen LogP contribution in [0.2, 0.25) is 0 Å². The highest BCUT2D eigenvalue weighted by Crippen LogP contribution is 2.19. The van der Waals surface area contributed by atoms with E-state index in [9.17, 15) is 4.79 Å². The summed E-state index contributed by atoms with van der Waals surface area (Å²) in [6, 6.07) is 19.9. The van der Waals surface area contributed by atoms with Crippen LogP contribution in [0.4, 0.5) is 10.3 Å². The minimum atomic E-state index is -0.226. The summed E-state index contributed by atoms with van der Waals surface area (Å²) < 4.78 is 0. The number of anilines is 2. The summed E-state index contributed by atoms with van der Waals surface area (Å²) in [7, 11) is 0. The molecule has 0 saturated carbocycles. The first-order valence-electron chi connectivity index (χ1n) is 7.95. The first kappa shape index (κ1) is 16.9. The maximum atomic E-state index is 11.9. The van der Waals surface area contributed by atoms with Gasteiger partial charge < -0.3 is 5.32 Å². The Morgan fingerprint density at radius 3 is 2.40 bits per heavy atom. The molecule has 0 saturated heterocycles. The summed E-state index contributed by atoms with van der Waals surface area (Å²) in [5.74, 6) is -0.226. The summed E-state index contributed by atoms with van der Waals surface area (Å²) >= 11 is 1.32. The number of hydrogen-bond donors (Lipinski definition) is 2. The number of rotatable bonds is 7. The van der Waals surface area contributed by atoms with Crippen LogP contribution in [0.3, 0.4) is 0 Å². The molecule has 2 aromatic carbocycles. The molecule has 0 aliphatic carbocycles. The summed E-state index contributed by atoms with van der Waals surface area (Å²) in [6.45, 7) is 0.764. The van der Waals surface area contributed by atoms with E-state index in [0.717, 1.165) is 18.5 Å². The third kappa shape index (κ3) is 5.54. The van der Waals surface area contributed by atoms with Gasteiger partial charge in [-0.25, -0.2) is 0 Å². The molecule has 126 valence electrons. The minimum Gasteiger partial charge on any atom is -0.360 e. The fourth-order valence-electron chi connectivity index (χ4n) is 2.19. The number of benzene rings is 2. The van der Waals surface area contributed by atoms with Crippen molar-refractivity contribution >= 4 is 33.6 Å². The van der Waals surface area contributed by atoms with Gasteiger partial charge in [-0.05, 0) is 23.6 Å². The average Bonchev–Trinajstić information content (AvgIpc) is 3.09. The number of nitrogens with zero attached hydrogens (tertiary/aromatic N) is 2. The second-order valence-electron chi connectivity index (χ2n) is 5.31. The van der Waals surface area contributed by atoms with Crippen LogP contribution in [-0.4, -0.2) is 22.6 Å². The van der Waals surface area contributed by atoms with Gasteiger partial charge in [0.15, 0.2) is 0 Å². The predicted molar refractivity (Wildman–Crippen MR) is 103 cm³/mol. The average molecular weight is 350 g/mol. The number of aromatic nitrogens is 2. The number of amides is 1. The van der Waals surface area contributed by atoms with Gasteiger partial charge in [0, 0.05) is 12.6 Å².